The Morgan fingerprint density at radius 1 is 0.865 bits per heavy atom. The Balaban J connectivity index is 1.16. The molecule has 0 aliphatic carbocycles. The average Bonchev–Trinajstić information content (AvgIpc) is 3.43. The fourth-order valence-electron chi connectivity index (χ4n) is 5.45. The number of aromatic nitrogens is 2. The molecule has 9 heteroatoms. The Morgan fingerprint density at radius 3 is 2.35 bits per heavy atom. The fraction of sp³-hybridized carbons (Fsp3) is 0.321. The summed E-state index contributed by atoms with van der Waals surface area (Å²) < 4.78 is 0. The van der Waals surface area contributed by atoms with E-state index in [1.165, 1.54) is 0 Å². The summed E-state index contributed by atoms with van der Waals surface area (Å²) in [4.78, 5) is 55.7. The molecule has 0 unspecified atom stereocenters. The smallest absolute Gasteiger partial charge is 0.256 e. The van der Waals surface area contributed by atoms with Gasteiger partial charge in [-0.15, -0.1) is 0 Å². The second kappa shape index (κ2) is 9.65. The monoisotopic (exact) mass is 496 g/mol. The number of carbonyl (C=O) groups is 3. The van der Waals surface area contributed by atoms with Gasteiger partial charge in [0.15, 0.2) is 0 Å². The minimum absolute atomic E-state index is 0.0106. The molecule has 0 bridgehead atoms. The van der Waals surface area contributed by atoms with Gasteiger partial charge in [0.05, 0.1) is 17.8 Å². The highest BCUT2D eigenvalue weighted by Crippen LogP contribution is 2.33. The summed E-state index contributed by atoms with van der Waals surface area (Å²) in [5.41, 5.74) is 2.73. The first-order chi connectivity index (χ1) is 18.1. The molecule has 4 heterocycles. The molecular weight excluding hydrogens is 468 g/mol. The Kier molecular flexibility index (Phi) is 6.04. The molecule has 6 rings (SSSR count). The molecule has 0 spiro atoms. The van der Waals surface area contributed by atoms with Crippen molar-refractivity contribution in [3.63, 3.8) is 0 Å². The molecule has 1 atom stereocenters. The van der Waals surface area contributed by atoms with Crippen molar-refractivity contribution in [1.29, 1.82) is 0 Å². The molecule has 1 aromatic heterocycles. The van der Waals surface area contributed by atoms with E-state index in [1.807, 2.05) is 47.4 Å². The molecule has 3 aromatic rings. The van der Waals surface area contributed by atoms with Crippen molar-refractivity contribution >= 4 is 29.4 Å². The lowest BCUT2D eigenvalue weighted by molar-refractivity contribution is -0.122. The third-order valence-corrected chi connectivity index (χ3v) is 7.43. The van der Waals surface area contributed by atoms with Gasteiger partial charge in [0.25, 0.3) is 11.8 Å². The highest BCUT2D eigenvalue weighted by molar-refractivity contribution is 6.11. The van der Waals surface area contributed by atoms with Crippen molar-refractivity contribution in [2.24, 2.45) is 0 Å². The van der Waals surface area contributed by atoms with E-state index in [4.69, 9.17) is 0 Å². The van der Waals surface area contributed by atoms with Crippen LogP contribution in [0.15, 0.2) is 67.0 Å². The number of hydrogen-bond donors (Lipinski definition) is 0. The summed E-state index contributed by atoms with van der Waals surface area (Å²) in [7, 11) is 0. The quantitative estimate of drug-likeness (QED) is 0.552. The molecule has 3 aliphatic rings. The third kappa shape index (κ3) is 4.30. The SMILES string of the molecule is O=C(c1ccc(CN2C(=O)[C@@H]3CCCN3C(=O)c3ccccc32)cc1)N1CCN(c2ncccn2)CC1. The van der Waals surface area contributed by atoms with Gasteiger partial charge in [-0.2, -0.15) is 0 Å². The first kappa shape index (κ1) is 23.1. The molecule has 2 saturated heterocycles. The van der Waals surface area contributed by atoms with Crippen LogP contribution in [-0.4, -0.2) is 76.3 Å². The fourth-order valence-corrected chi connectivity index (χ4v) is 5.45. The number of anilines is 2. The maximum atomic E-state index is 13.5. The van der Waals surface area contributed by atoms with Crippen LogP contribution < -0.4 is 9.80 Å². The molecule has 2 aromatic carbocycles. The lowest BCUT2D eigenvalue weighted by Crippen LogP contribution is -2.49. The van der Waals surface area contributed by atoms with Crippen LogP contribution in [0.3, 0.4) is 0 Å². The molecule has 0 N–H and O–H groups in total. The predicted molar refractivity (Wildman–Crippen MR) is 138 cm³/mol. The van der Waals surface area contributed by atoms with Gasteiger partial charge < -0.3 is 19.6 Å². The van der Waals surface area contributed by atoms with E-state index < -0.39 is 6.04 Å². The van der Waals surface area contributed by atoms with E-state index in [0.717, 1.165) is 12.0 Å². The number of rotatable bonds is 4. The molecule has 9 nitrogen and oxygen atoms in total. The zero-order valence-corrected chi connectivity index (χ0v) is 20.5. The number of benzene rings is 2. The van der Waals surface area contributed by atoms with Crippen molar-refractivity contribution in [1.82, 2.24) is 19.8 Å². The molecule has 37 heavy (non-hydrogen) atoms. The summed E-state index contributed by atoms with van der Waals surface area (Å²) in [5, 5.41) is 0. The summed E-state index contributed by atoms with van der Waals surface area (Å²) in [6.45, 7) is 3.52. The van der Waals surface area contributed by atoms with Crippen molar-refractivity contribution < 1.29 is 14.4 Å². The second-order valence-corrected chi connectivity index (χ2v) is 9.62. The van der Waals surface area contributed by atoms with E-state index in [9.17, 15) is 14.4 Å². The Bertz CT molecular complexity index is 1320. The highest BCUT2D eigenvalue weighted by atomic mass is 16.2. The van der Waals surface area contributed by atoms with Gasteiger partial charge in [-0.3, -0.25) is 14.4 Å². The standard InChI is InChI=1S/C28H28N6O3/c35-25(31-15-17-32(18-16-31)28-29-12-4-13-30-28)21-10-8-20(9-11-21)19-34-23-6-2-1-5-22(23)26(36)33-14-3-7-24(33)27(34)37/h1-2,4-6,8-13,24H,3,7,14-19H2/t24-/m0/s1. The van der Waals surface area contributed by atoms with Gasteiger partial charge in [-0.1, -0.05) is 24.3 Å². The van der Waals surface area contributed by atoms with Crippen LogP contribution in [0.2, 0.25) is 0 Å². The normalized spacial score (nSPS) is 19.5. The Morgan fingerprint density at radius 2 is 1.59 bits per heavy atom. The third-order valence-electron chi connectivity index (χ3n) is 7.43. The summed E-state index contributed by atoms with van der Waals surface area (Å²) in [5.74, 6) is 0.555. The largest absolute Gasteiger partial charge is 0.337 e. The maximum Gasteiger partial charge on any atom is 0.256 e. The van der Waals surface area contributed by atoms with Crippen molar-refractivity contribution in [3.05, 3.63) is 83.7 Å². The van der Waals surface area contributed by atoms with Gasteiger partial charge in [0.1, 0.15) is 6.04 Å². The van der Waals surface area contributed by atoms with Crippen molar-refractivity contribution in [2.75, 3.05) is 42.5 Å². The Hall–Kier alpha value is -4.27. The lowest BCUT2D eigenvalue weighted by Gasteiger charge is -2.34. The summed E-state index contributed by atoms with van der Waals surface area (Å²) >= 11 is 0. The van der Waals surface area contributed by atoms with Gasteiger partial charge >= 0.3 is 0 Å². The van der Waals surface area contributed by atoms with E-state index in [2.05, 4.69) is 14.9 Å². The van der Waals surface area contributed by atoms with E-state index in [-0.39, 0.29) is 17.7 Å². The van der Waals surface area contributed by atoms with Crippen LogP contribution in [0.1, 0.15) is 39.1 Å². The number of hydrogen-bond acceptors (Lipinski definition) is 6. The van der Waals surface area contributed by atoms with E-state index in [0.29, 0.717) is 68.5 Å². The molecule has 3 amide bonds. The average molecular weight is 497 g/mol. The predicted octanol–water partition coefficient (Wildman–Crippen LogP) is 2.59. The molecule has 0 saturated carbocycles. The number of fused-ring (bicyclic) bond motifs is 2. The number of nitrogens with zero attached hydrogens (tertiary/aromatic N) is 6. The minimum Gasteiger partial charge on any atom is -0.337 e. The van der Waals surface area contributed by atoms with Crippen LogP contribution in [0.25, 0.3) is 0 Å². The number of piperazine rings is 1. The molecule has 188 valence electrons. The molecule has 3 aliphatic heterocycles. The highest BCUT2D eigenvalue weighted by Gasteiger charge is 2.41. The summed E-state index contributed by atoms with van der Waals surface area (Å²) in [6, 6.07) is 16.1. The van der Waals surface area contributed by atoms with Crippen LogP contribution >= 0.6 is 0 Å². The molecule has 2 fully saturated rings. The maximum absolute atomic E-state index is 13.5. The van der Waals surface area contributed by atoms with Crippen molar-refractivity contribution in [3.8, 4) is 0 Å². The zero-order valence-electron chi connectivity index (χ0n) is 20.5. The lowest BCUT2D eigenvalue weighted by atomic mass is 10.1. The zero-order chi connectivity index (χ0) is 25.4. The number of carbonyl (C=O) groups excluding carboxylic acids is 3. The molecule has 0 radical (unpaired) electrons. The van der Waals surface area contributed by atoms with E-state index >= 15 is 0 Å². The summed E-state index contributed by atoms with van der Waals surface area (Å²) in [6.07, 6.45) is 4.97. The minimum atomic E-state index is -0.416. The first-order valence-electron chi connectivity index (χ1n) is 12.7. The van der Waals surface area contributed by atoms with Crippen LogP contribution in [0.4, 0.5) is 11.6 Å². The van der Waals surface area contributed by atoms with Crippen molar-refractivity contribution in [2.45, 2.75) is 25.4 Å². The van der Waals surface area contributed by atoms with Gasteiger partial charge in [0.2, 0.25) is 11.9 Å². The van der Waals surface area contributed by atoms with Crippen LogP contribution in [-0.2, 0) is 11.3 Å². The second-order valence-electron chi connectivity index (χ2n) is 9.62. The van der Waals surface area contributed by atoms with Crippen LogP contribution in [0, 0.1) is 0 Å². The van der Waals surface area contributed by atoms with E-state index in [1.54, 1.807) is 34.3 Å². The number of para-hydroxylation sites is 1. The van der Waals surface area contributed by atoms with Crippen LogP contribution in [0.5, 0.6) is 0 Å². The first-order valence-corrected chi connectivity index (χ1v) is 12.7. The van der Waals surface area contributed by atoms with Gasteiger partial charge in [-0.05, 0) is 48.7 Å². The van der Waals surface area contributed by atoms with Gasteiger partial charge in [0, 0.05) is 50.7 Å². The Labute approximate surface area is 215 Å². The van der Waals surface area contributed by atoms with Gasteiger partial charge in [-0.25, -0.2) is 9.97 Å². The number of amides is 3. The molecular formula is C28H28N6O3. The topological polar surface area (TPSA) is 90.0 Å².